The highest BCUT2D eigenvalue weighted by Gasteiger charge is 2.18. The Morgan fingerprint density at radius 1 is 1.28 bits per heavy atom. The highest BCUT2D eigenvalue weighted by molar-refractivity contribution is 5.85. The Balaban J connectivity index is 0.00000312. The summed E-state index contributed by atoms with van der Waals surface area (Å²) in [6.45, 7) is 3.89. The van der Waals surface area contributed by atoms with Crippen LogP contribution in [-0.4, -0.2) is 36.3 Å². The van der Waals surface area contributed by atoms with E-state index in [1.165, 1.54) is 0 Å². The number of rotatable bonds is 7. The van der Waals surface area contributed by atoms with E-state index in [4.69, 9.17) is 19.7 Å². The van der Waals surface area contributed by atoms with Crippen molar-refractivity contribution in [3.8, 4) is 22.9 Å². The van der Waals surface area contributed by atoms with Crippen molar-refractivity contribution in [2.24, 2.45) is 11.7 Å². The maximum absolute atomic E-state index is 11.8. The quantitative estimate of drug-likeness (QED) is 0.763. The van der Waals surface area contributed by atoms with Crippen LogP contribution in [0.3, 0.4) is 0 Å². The molecule has 25 heavy (non-hydrogen) atoms. The molecule has 3 N–H and O–H groups in total. The molecule has 0 radical (unpaired) electrons. The lowest BCUT2D eigenvalue weighted by Gasteiger charge is -2.14. The predicted molar refractivity (Wildman–Crippen MR) is 94.7 cm³/mol. The molecule has 0 fully saturated rings. The predicted octanol–water partition coefficient (Wildman–Crippen LogP) is 1.78. The molecule has 0 saturated heterocycles. The fraction of sp³-hybridized carbons (Fsp3) is 0.438. The topological polar surface area (TPSA) is 113 Å². The first-order valence-corrected chi connectivity index (χ1v) is 7.54. The third-order valence-corrected chi connectivity index (χ3v) is 3.54. The SMILES string of the molecule is COc1ccc(-c2noc(CNC(=O)[C@@H](N)C(C)C)n2)cc1OC.Cl. The summed E-state index contributed by atoms with van der Waals surface area (Å²) < 4.78 is 15.6. The monoisotopic (exact) mass is 370 g/mol. The first-order valence-electron chi connectivity index (χ1n) is 7.54. The van der Waals surface area contributed by atoms with E-state index in [2.05, 4.69) is 15.5 Å². The highest BCUT2D eigenvalue weighted by atomic mass is 35.5. The van der Waals surface area contributed by atoms with Crippen molar-refractivity contribution in [3.63, 3.8) is 0 Å². The number of nitrogens with zero attached hydrogens (tertiary/aromatic N) is 2. The Labute approximate surface area is 152 Å². The van der Waals surface area contributed by atoms with Crippen LogP contribution in [0.4, 0.5) is 0 Å². The van der Waals surface area contributed by atoms with Gasteiger partial charge in [0.2, 0.25) is 17.6 Å². The van der Waals surface area contributed by atoms with E-state index in [0.717, 1.165) is 0 Å². The summed E-state index contributed by atoms with van der Waals surface area (Å²) in [7, 11) is 3.12. The van der Waals surface area contributed by atoms with E-state index in [0.29, 0.717) is 28.8 Å². The molecule has 1 atom stereocenters. The van der Waals surface area contributed by atoms with Gasteiger partial charge in [0.1, 0.15) is 0 Å². The molecule has 1 amide bonds. The third-order valence-electron chi connectivity index (χ3n) is 3.54. The number of carbonyl (C=O) groups is 1. The number of aromatic nitrogens is 2. The lowest BCUT2D eigenvalue weighted by molar-refractivity contribution is -0.123. The number of methoxy groups -OCH3 is 2. The van der Waals surface area contributed by atoms with E-state index in [9.17, 15) is 4.79 Å². The van der Waals surface area contributed by atoms with Crippen LogP contribution in [0.25, 0.3) is 11.4 Å². The zero-order valence-electron chi connectivity index (χ0n) is 14.6. The number of amides is 1. The third kappa shape index (κ3) is 5.07. The second kappa shape index (κ2) is 9.24. The molecule has 0 aliphatic carbocycles. The molecule has 8 nitrogen and oxygen atoms in total. The van der Waals surface area contributed by atoms with Gasteiger partial charge in [-0.1, -0.05) is 19.0 Å². The standard InChI is InChI=1S/C16H22N4O4.ClH/c1-9(2)14(17)16(21)18-8-13-19-15(20-24-13)10-5-6-11(22-3)12(7-10)23-4;/h5-7,9,14H,8,17H2,1-4H3,(H,18,21);1H/t14-;/m0./s1. The molecule has 9 heteroatoms. The van der Waals surface area contributed by atoms with Crippen LogP contribution in [-0.2, 0) is 11.3 Å². The van der Waals surface area contributed by atoms with Crippen molar-refractivity contribution in [2.45, 2.75) is 26.4 Å². The molecular weight excluding hydrogens is 348 g/mol. The second-order valence-electron chi connectivity index (χ2n) is 5.57. The van der Waals surface area contributed by atoms with Gasteiger partial charge in [-0.2, -0.15) is 4.98 Å². The molecule has 0 spiro atoms. The van der Waals surface area contributed by atoms with E-state index in [-0.39, 0.29) is 30.8 Å². The van der Waals surface area contributed by atoms with E-state index < -0.39 is 6.04 Å². The number of halogens is 1. The maximum Gasteiger partial charge on any atom is 0.246 e. The number of ether oxygens (including phenoxy) is 2. The highest BCUT2D eigenvalue weighted by Crippen LogP contribution is 2.31. The summed E-state index contributed by atoms with van der Waals surface area (Å²) in [5, 5.41) is 6.59. The van der Waals surface area contributed by atoms with Crippen LogP contribution >= 0.6 is 12.4 Å². The minimum absolute atomic E-state index is 0. The molecule has 2 aromatic rings. The van der Waals surface area contributed by atoms with Crippen molar-refractivity contribution in [3.05, 3.63) is 24.1 Å². The summed E-state index contributed by atoms with van der Waals surface area (Å²) >= 11 is 0. The zero-order chi connectivity index (χ0) is 17.7. The largest absolute Gasteiger partial charge is 0.493 e. The Hall–Kier alpha value is -2.32. The van der Waals surface area contributed by atoms with Crippen LogP contribution < -0.4 is 20.5 Å². The van der Waals surface area contributed by atoms with Gasteiger partial charge in [0.05, 0.1) is 26.8 Å². The summed E-state index contributed by atoms with van der Waals surface area (Å²) in [5.74, 6) is 1.67. The maximum atomic E-state index is 11.8. The van der Waals surface area contributed by atoms with Crippen molar-refractivity contribution in [1.82, 2.24) is 15.5 Å². The number of nitrogens with two attached hydrogens (primary N) is 1. The molecule has 1 aromatic heterocycles. The zero-order valence-corrected chi connectivity index (χ0v) is 15.4. The van der Waals surface area contributed by atoms with Crippen LogP contribution in [0.2, 0.25) is 0 Å². The van der Waals surface area contributed by atoms with Crippen molar-refractivity contribution in [1.29, 1.82) is 0 Å². The van der Waals surface area contributed by atoms with Gasteiger partial charge in [0.15, 0.2) is 11.5 Å². The van der Waals surface area contributed by atoms with Crippen LogP contribution in [0, 0.1) is 5.92 Å². The molecule has 0 saturated carbocycles. The minimum Gasteiger partial charge on any atom is -0.493 e. The molecule has 0 unspecified atom stereocenters. The smallest absolute Gasteiger partial charge is 0.246 e. The van der Waals surface area contributed by atoms with Gasteiger partial charge < -0.3 is 25.0 Å². The van der Waals surface area contributed by atoms with E-state index in [1.807, 2.05) is 13.8 Å². The van der Waals surface area contributed by atoms with E-state index in [1.54, 1.807) is 32.4 Å². The normalized spacial score (nSPS) is 11.6. The minimum atomic E-state index is -0.571. The molecule has 0 bridgehead atoms. The molecule has 0 aliphatic heterocycles. The summed E-state index contributed by atoms with van der Waals surface area (Å²) in [6.07, 6.45) is 0. The van der Waals surface area contributed by atoms with Gasteiger partial charge >= 0.3 is 0 Å². The Morgan fingerprint density at radius 2 is 1.96 bits per heavy atom. The summed E-state index contributed by atoms with van der Waals surface area (Å²) in [6, 6.07) is 4.73. The van der Waals surface area contributed by atoms with Gasteiger partial charge in [-0.05, 0) is 24.1 Å². The fourth-order valence-corrected chi connectivity index (χ4v) is 2.00. The lowest BCUT2D eigenvalue weighted by atomic mass is 10.1. The molecular formula is C16H23ClN4O4. The number of benzene rings is 1. The van der Waals surface area contributed by atoms with Crippen molar-refractivity contribution >= 4 is 18.3 Å². The molecule has 1 aromatic carbocycles. The second-order valence-corrected chi connectivity index (χ2v) is 5.57. The Kier molecular flexibility index (Phi) is 7.66. The van der Waals surface area contributed by atoms with Crippen molar-refractivity contribution < 1.29 is 18.8 Å². The van der Waals surface area contributed by atoms with Gasteiger partial charge in [-0.15, -0.1) is 12.4 Å². The van der Waals surface area contributed by atoms with E-state index >= 15 is 0 Å². The summed E-state index contributed by atoms with van der Waals surface area (Å²) in [5.41, 5.74) is 6.49. The van der Waals surface area contributed by atoms with Crippen LogP contribution in [0.5, 0.6) is 11.5 Å². The lowest BCUT2D eigenvalue weighted by Crippen LogP contribution is -2.43. The molecule has 0 aliphatic rings. The summed E-state index contributed by atoms with van der Waals surface area (Å²) in [4.78, 5) is 16.1. The Bertz CT molecular complexity index is 705. The molecule has 138 valence electrons. The number of hydrogen-bond donors (Lipinski definition) is 2. The fourth-order valence-electron chi connectivity index (χ4n) is 2.00. The molecule has 1 heterocycles. The Morgan fingerprint density at radius 3 is 2.56 bits per heavy atom. The van der Waals surface area contributed by atoms with Crippen molar-refractivity contribution in [2.75, 3.05) is 14.2 Å². The van der Waals surface area contributed by atoms with Gasteiger partial charge in [-0.25, -0.2) is 0 Å². The number of carbonyl (C=O) groups excluding carboxylic acids is 1. The number of nitrogens with one attached hydrogen (secondary N) is 1. The van der Waals surface area contributed by atoms with Gasteiger partial charge in [0.25, 0.3) is 0 Å². The number of hydrogen-bond acceptors (Lipinski definition) is 7. The average molecular weight is 371 g/mol. The van der Waals surface area contributed by atoms with Crippen LogP contribution in [0.15, 0.2) is 22.7 Å². The first kappa shape index (κ1) is 20.7. The average Bonchev–Trinajstić information content (AvgIpc) is 3.07. The first-order chi connectivity index (χ1) is 11.5. The molecule has 2 rings (SSSR count). The van der Waals surface area contributed by atoms with Gasteiger partial charge in [0, 0.05) is 5.56 Å². The van der Waals surface area contributed by atoms with Gasteiger partial charge in [-0.3, -0.25) is 4.79 Å². The van der Waals surface area contributed by atoms with Crippen LogP contribution in [0.1, 0.15) is 19.7 Å².